The van der Waals surface area contributed by atoms with E-state index in [9.17, 15) is 14.7 Å². The quantitative estimate of drug-likeness (QED) is 0.306. The minimum absolute atomic E-state index is 0.00134. The van der Waals surface area contributed by atoms with E-state index in [4.69, 9.17) is 42.7 Å². The van der Waals surface area contributed by atoms with Gasteiger partial charge in [0.05, 0.1) is 61.3 Å². The van der Waals surface area contributed by atoms with Gasteiger partial charge in [0.1, 0.15) is 17.9 Å². The molecule has 0 saturated carbocycles. The smallest absolute Gasteiger partial charge is 0.410 e. The highest BCUT2D eigenvalue weighted by Gasteiger charge is 2.60. The number of ether oxygens (including phenoxy) is 6. The van der Waals surface area contributed by atoms with Crippen molar-refractivity contribution in [1.82, 2.24) is 19.8 Å². The van der Waals surface area contributed by atoms with Crippen molar-refractivity contribution in [2.45, 2.75) is 141 Å². The molecule has 5 aliphatic rings. The lowest BCUT2D eigenvalue weighted by atomic mass is 9.72. The van der Waals surface area contributed by atoms with Crippen LogP contribution in [0.2, 0.25) is 0 Å². The number of oxazole rings is 1. The number of hydrogen-bond acceptors (Lipinski definition) is 16. The van der Waals surface area contributed by atoms with E-state index >= 15 is 0 Å². The standard InChI is InChI=1S/C42H62N6O11/c1-11-31-42(8)35-24(4)32(43-14-15-48(35)40(51)59-42)22(2)17-41(7)36(58-39-33(49)29(47(9)10)16-23(3)56-39)25(5)34(26(6)38(50)57-31)52-18-28(19-54-41)46-55-20-27-12-13-30-37(45-27)44-21-53-30/h12-13,21-26,29,31,33-36,39,49H,11,14-20H2,1-10H3/b46-28+/t22-,23+,24+,25+,26-,29-,31-,33+,34+,35-,36-,39-,41-,42-/m1/s1. The summed E-state index contributed by atoms with van der Waals surface area (Å²) in [5.41, 5.74) is 0.725. The summed E-state index contributed by atoms with van der Waals surface area (Å²) in [5.74, 6) is -2.31. The van der Waals surface area contributed by atoms with Crippen molar-refractivity contribution in [1.29, 1.82) is 0 Å². The molecule has 2 aromatic rings. The molecular formula is C42H62N6O11. The molecule has 7 rings (SSSR count). The monoisotopic (exact) mass is 826 g/mol. The minimum Gasteiger partial charge on any atom is -0.458 e. The third-order valence-corrected chi connectivity index (χ3v) is 13.2. The Hall–Kier alpha value is -3.74. The van der Waals surface area contributed by atoms with Crippen LogP contribution in [0.1, 0.15) is 80.3 Å². The first-order chi connectivity index (χ1) is 28.0. The van der Waals surface area contributed by atoms with Crippen molar-refractivity contribution in [2.24, 2.45) is 33.8 Å². The Bertz CT molecular complexity index is 1890. The molecule has 5 aliphatic heterocycles. The zero-order chi connectivity index (χ0) is 42.4. The number of esters is 1. The Morgan fingerprint density at radius 1 is 1.08 bits per heavy atom. The maximum absolute atomic E-state index is 14.5. The van der Waals surface area contributed by atoms with Gasteiger partial charge in [-0.15, -0.1) is 0 Å². The fraction of sp³-hybridized carbons (Fsp3) is 0.762. The van der Waals surface area contributed by atoms with Crippen LogP contribution in [0.25, 0.3) is 11.2 Å². The maximum atomic E-state index is 14.5. The molecule has 4 bridgehead atoms. The molecule has 1 N–H and O–H groups in total. The number of aliphatic imine (C=N–C) groups is 1. The number of hydrogen-bond donors (Lipinski definition) is 1. The number of nitrogens with zero attached hydrogens (tertiary/aromatic N) is 6. The second-order valence-corrected chi connectivity index (χ2v) is 17.8. The Morgan fingerprint density at radius 2 is 1.86 bits per heavy atom. The van der Waals surface area contributed by atoms with Gasteiger partial charge in [-0.05, 0) is 79.1 Å². The second-order valence-electron chi connectivity index (χ2n) is 17.8. The first-order valence-corrected chi connectivity index (χ1v) is 21.1. The zero-order valence-electron chi connectivity index (χ0n) is 36.0. The van der Waals surface area contributed by atoms with E-state index in [1.165, 1.54) is 6.39 Å². The van der Waals surface area contributed by atoms with Crippen LogP contribution in [0.5, 0.6) is 0 Å². The molecule has 326 valence electrons. The van der Waals surface area contributed by atoms with Crippen LogP contribution in [0.15, 0.2) is 33.1 Å². The van der Waals surface area contributed by atoms with Crippen LogP contribution in [0.4, 0.5) is 4.79 Å². The highest BCUT2D eigenvalue weighted by atomic mass is 16.7. The largest absolute Gasteiger partial charge is 0.458 e. The molecular weight excluding hydrogens is 764 g/mol. The zero-order valence-corrected chi connectivity index (χ0v) is 36.0. The molecule has 0 radical (unpaired) electrons. The molecule has 0 aromatic carbocycles. The number of carbonyl (C=O) groups excluding carboxylic acids is 2. The molecule has 4 fully saturated rings. The van der Waals surface area contributed by atoms with E-state index in [0.717, 1.165) is 5.71 Å². The predicted molar refractivity (Wildman–Crippen MR) is 215 cm³/mol. The van der Waals surface area contributed by atoms with Gasteiger partial charge in [0.15, 0.2) is 36.1 Å². The Kier molecular flexibility index (Phi) is 12.7. The van der Waals surface area contributed by atoms with E-state index in [0.29, 0.717) is 55.0 Å². The summed E-state index contributed by atoms with van der Waals surface area (Å²) in [4.78, 5) is 51.4. The lowest BCUT2D eigenvalue weighted by Gasteiger charge is -2.48. The number of aliphatic hydroxyl groups is 1. The number of cyclic esters (lactones) is 1. The highest BCUT2D eigenvalue weighted by Crippen LogP contribution is 2.45. The summed E-state index contributed by atoms with van der Waals surface area (Å²) in [6.07, 6.45) is -2.20. The third kappa shape index (κ3) is 8.47. The number of pyridine rings is 1. The second kappa shape index (κ2) is 17.3. The Morgan fingerprint density at radius 3 is 2.61 bits per heavy atom. The van der Waals surface area contributed by atoms with E-state index < -0.39 is 71.8 Å². The van der Waals surface area contributed by atoms with Gasteiger partial charge in [-0.25, -0.2) is 9.78 Å². The SMILES string of the molecule is CC[C@H]1OC(=O)[C@H](C)[C@H]2OC/C(=N\OCc3ccc4ocnc4n3)CO[C@](C)(C[C@@H](C)C3=NCCN4C(=O)O[C@@]1(C)[C@H]4[C@H]3C)[C@H](O[C@H]1O[C@@H](C)C[C@@H](N(C)C)[C@@H]1O)[C@H]2C. The molecule has 59 heavy (non-hydrogen) atoms. The van der Waals surface area contributed by atoms with Crippen LogP contribution in [0, 0.1) is 23.7 Å². The van der Waals surface area contributed by atoms with Gasteiger partial charge >= 0.3 is 12.1 Å². The average molecular weight is 827 g/mol. The van der Waals surface area contributed by atoms with E-state index in [1.807, 2.05) is 53.6 Å². The molecule has 0 spiro atoms. The van der Waals surface area contributed by atoms with Gasteiger partial charge in [0.25, 0.3) is 0 Å². The molecule has 4 saturated heterocycles. The van der Waals surface area contributed by atoms with Crippen LogP contribution < -0.4 is 0 Å². The fourth-order valence-electron chi connectivity index (χ4n) is 10.3. The molecule has 14 atom stereocenters. The number of oxime groups is 1. The maximum Gasteiger partial charge on any atom is 0.410 e. The van der Waals surface area contributed by atoms with Crippen molar-refractivity contribution in [3.63, 3.8) is 0 Å². The summed E-state index contributed by atoms with van der Waals surface area (Å²) in [5, 5.41) is 16.3. The van der Waals surface area contributed by atoms with Crippen LogP contribution in [-0.4, -0.2) is 149 Å². The summed E-state index contributed by atoms with van der Waals surface area (Å²) in [6, 6.07) is 2.88. The average Bonchev–Trinajstić information content (AvgIpc) is 3.71. The Balaban J connectivity index is 1.30. The van der Waals surface area contributed by atoms with E-state index in [2.05, 4.69) is 29.0 Å². The summed E-state index contributed by atoms with van der Waals surface area (Å²) < 4.78 is 45.1. The summed E-state index contributed by atoms with van der Waals surface area (Å²) in [6.45, 7) is 16.5. The van der Waals surface area contributed by atoms with Crippen LogP contribution in [0.3, 0.4) is 0 Å². The number of likely N-dealkylation sites (N-methyl/N-ethyl adjacent to an activating group) is 1. The number of aromatic nitrogens is 2. The number of fused-ring (bicyclic) bond motifs is 5. The Labute approximate surface area is 346 Å². The predicted octanol–water partition coefficient (Wildman–Crippen LogP) is 4.38. The molecule has 7 heterocycles. The molecule has 1 amide bonds. The topological polar surface area (TPSA) is 189 Å². The number of amides is 1. The van der Waals surface area contributed by atoms with Crippen LogP contribution >= 0.6 is 0 Å². The number of carbonyl (C=O) groups is 2. The summed E-state index contributed by atoms with van der Waals surface area (Å²) in [7, 11) is 3.86. The van der Waals surface area contributed by atoms with Gasteiger partial charge in [-0.3, -0.25) is 14.7 Å². The molecule has 2 aromatic heterocycles. The first-order valence-electron chi connectivity index (χ1n) is 21.1. The highest BCUT2D eigenvalue weighted by molar-refractivity contribution is 5.91. The number of aliphatic hydroxyl groups excluding tert-OH is 1. The lowest BCUT2D eigenvalue weighted by molar-refractivity contribution is -0.302. The van der Waals surface area contributed by atoms with Crippen molar-refractivity contribution in [2.75, 3.05) is 40.4 Å². The molecule has 0 aliphatic carbocycles. The van der Waals surface area contributed by atoms with Crippen molar-refractivity contribution >= 4 is 34.7 Å². The van der Waals surface area contributed by atoms with Crippen molar-refractivity contribution < 1.29 is 52.4 Å². The normalized spacial score (nSPS) is 40.4. The number of rotatable bonds is 7. The van der Waals surface area contributed by atoms with E-state index in [1.54, 1.807) is 24.0 Å². The van der Waals surface area contributed by atoms with Gasteiger partial charge in [0.2, 0.25) is 0 Å². The van der Waals surface area contributed by atoms with Gasteiger partial charge in [0, 0.05) is 30.1 Å². The van der Waals surface area contributed by atoms with Gasteiger partial charge in [-0.2, -0.15) is 4.98 Å². The lowest BCUT2D eigenvalue weighted by Crippen LogP contribution is -2.60. The first kappa shape index (κ1) is 43.4. The van der Waals surface area contributed by atoms with Crippen LogP contribution in [-0.2, 0) is 44.7 Å². The fourth-order valence-corrected chi connectivity index (χ4v) is 10.3. The minimum atomic E-state index is -1.14. The van der Waals surface area contributed by atoms with Gasteiger partial charge in [-0.1, -0.05) is 32.9 Å². The molecule has 17 nitrogen and oxygen atoms in total. The van der Waals surface area contributed by atoms with Crippen molar-refractivity contribution in [3.05, 3.63) is 24.2 Å². The third-order valence-electron chi connectivity index (χ3n) is 13.2. The van der Waals surface area contributed by atoms with Gasteiger partial charge < -0.3 is 47.7 Å². The molecule has 0 unspecified atom stereocenters. The van der Waals surface area contributed by atoms with E-state index in [-0.39, 0.29) is 43.8 Å². The summed E-state index contributed by atoms with van der Waals surface area (Å²) >= 11 is 0. The van der Waals surface area contributed by atoms with Crippen molar-refractivity contribution in [3.8, 4) is 0 Å². The molecule has 17 heteroatoms.